The number of carbonyl (C=O) groups excluding carboxylic acids is 2. The molecule has 13 heavy (non-hydrogen) atoms. The lowest BCUT2D eigenvalue weighted by atomic mass is 10.1. The number of hydrogen-bond acceptors (Lipinski definition) is 3. The second kappa shape index (κ2) is 3.04. The molecule has 72 valence electrons. The first-order valence-corrected chi connectivity index (χ1v) is 3.79. The quantitative estimate of drug-likeness (QED) is 0.381. The van der Waals surface area contributed by atoms with Crippen LogP contribution in [0.2, 0.25) is 0 Å². The molecule has 1 fully saturated rings. The van der Waals surface area contributed by atoms with Crippen LogP contribution in [0.15, 0.2) is 0 Å². The smallest absolute Gasteiger partial charge is 0.319 e. The molecule has 3 N–H and O–H groups in total. The average molecular weight is 186 g/mol. The van der Waals surface area contributed by atoms with Crippen molar-refractivity contribution >= 4 is 17.8 Å². The summed E-state index contributed by atoms with van der Waals surface area (Å²) in [6, 6.07) is 0. The van der Waals surface area contributed by atoms with Gasteiger partial charge in [0, 0.05) is 6.92 Å². The van der Waals surface area contributed by atoms with E-state index in [9.17, 15) is 14.4 Å². The Kier molecular flexibility index (Phi) is 2.22. The van der Waals surface area contributed by atoms with E-state index in [4.69, 9.17) is 5.11 Å². The number of hydrazine groups is 1. The molecular formula is C7H10N2O4. The van der Waals surface area contributed by atoms with Crippen LogP contribution in [-0.4, -0.2) is 22.9 Å². The second-order valence-corrected chi connectivity index (χ2v) is 3.02. The SMILES string of the molecule is CC(=O)NNC(=O)C1(C(=O)O)CC1. The average Bonchev–Trinajstić information content (AvgIpc) is 2.79. The second-order valence-electron chi connectivity index (χ2n) is 3.02. The Bertz CT molecular complexity index is 270. The lowest BCUT2D eigenvalue weighted by Crippen LogP contribution is -2.46. The maximum Gasteiger partial charge on any atom is 0.319 e. The molecular weight excluding hydrogens is 176 g/mol. The molecule has 0 aromatic carbocycles. The van der Waals surface area contributed by atoms with Crippen molar-refractivity contribution in [1.82, 2.24) is 10.9 Å². The number of carboxylic acids is 1. The number of nitrogens with one attached hydrogen (secondary N) is 2. The Morgan fingerprint density at radius 2 is 1.77 bits per heavy atom. The number of amides is 2. The van der Waals surface area contributed by atoms with Crippen LogP contribution in [0.1, 0.15) is 19.8 Å². The summed E-state index contributed by atoms with van der Waals surface area (Å²) in [5.74, 6) is -2.24. The van der Waals surface area contributed by atoms with Crippen LogP contribution in [0.25, 0.3) is 0 Å². The lowest BCUT2D eigenvalue weighted by Gasteiger charge is -2.09. The van der Waals surface area contributed by atoms with Gasteiger partial charge in [-0.15, -0.1) is 0 Å². The number of rotatable bonds is 2. The molecule has 6 nitrogen and oxygen atoms in total. The van der Waals surface area contributed by atoms with Crippen LogP contribution in [0.3, 0.4) is 0 Å². The highest BCUT2D eigenvalue weighted by Crippen LogP contribution is 2.45. The van der Waals surface area contributed by atoms with E-state index in [-0.39, 0.29) is 0 Å². The molecule has 2 amide bonds. The summed E-state index contributed by atoms with van der Waals surface area (Å²) in [5, 5.41) is 8.67. The molecule has 1 aliphatic carbocycles. The Balaban J connectivity index is 2.49. The van der Waals surface area contributed by atoms with Crippen molar-refractivity contribution in [3.63, 3.8) is 0 Å². The highest BCUT2D eigenvalue weighted by molar-refractivity contribution is 6.05. The van der Waals surface area contributed by atoms with Crippen LogP contribution >= 0.6 is 0 Å². The molecule has 6 heteroatoms. The van der Waals surface area contributed by atoms with Gasteiger partial charge in [-0.2, -0.15) is 0 Å². The van der Waals surface area contributed by atoms with Gasteiger partial charge >= 0.3 is 5.97 Å². The summed E-state index contributed by atoms with van der Waals surface area (Å²) in [7, 11) is 0. The van der Waals surface area contributed by atoms with Gasteiger partial charge in [-0.25, -0.2) is 0 Å². The fourth-order valence-corrected chi connectivity index (χ4v) is 0.927. The fraction of sp³-hybridized carbons (Fsp3) is 0.571. The van der Waals surface area contributed by atoms with Crippen LogP contribution in [0, 0.1) is 5.41 Å². The predicted octanol–water partition coefficient (Wildman–Crippen LogP) is -0.981. The topological polar surface area (TPSA) is 95.5 Å². The van der Waals surface area contributed by atoms with Gasteiger partial charge in [-0.3, -0.25) is 25.2 Å². The van der Waals surface area contributed by atoms with E-state index in [0.29, 0.717) is 12.8 Å². The summed E-state index contributed by atoms with van der Waals surface area (Å²) in [5.41, 5.74) is 2.79. The first-order chi connectivity index (χ1) is 5.99. The predicted molar refractivity (Wildman–Crippen MR) is 41.3 cm³/mol. The van der Waals surface area contributed by atoms with Crippen molar-refractivity contribution < 1.29 is 19.5 Å². The lowest BCUT2D eigenvalue weighted by molar-refractivity contribution is -0.150. The zero-order chi connectivity index (χ0) is 10.1. The van der Waals surface area contributed by atoms with Gasteiger partial charge in [0.25, 0.3) is 5.91 Å². The highest BCUT2D eigenvalue weighted by atomic mass is 16.4. The molecule has 0 spiro atoms. The molecule has 0 saturated heterocycles. The van der Waals surface area contributed by atoms with Crippen LogP contribution in [0.4, 0.5) is 0 Å². The van der Waals surface area contributed by atoms with Crippen molar-refractivity contribution in [2.45, 2.75) is 19.8 Å². The van der Waals surface area contributed by atoms with Gasteiger partial charge in [0.2, 0.25) is 5.91 Å². The highest BCUT2D eigenvalue weighted by Gasteiger charge is 2.57. The van der Waals surface area contributed by atoms with Gasteiger partial charge in [0.05, 0.1) is 0 Å². The number of hydrogen-bond donors (Lipinski definition) is 3. The molecule has 0 aliphatic heterocycles. The van der Waals surface area contributed by atoms with Crippen molar-refractivity contribution in [2.24, 2.45) is 5.41 Å². The third kappa shape index (κ3) is 1.77. The third-order valence-electron chi connectivity index (χ3n) is 1.95. The minimum Gasteiger partial charge on any atom is -0.480 e. The Hall–Kier alpha value is -1.59. The van der Waals surface area contributed by atoms with E-state index in [2.05, 4.69) is 0 Å². The number of carboxylic acid groups (broad SMARTS) is 1. The van der Waals surface area contributed by atoms with Crippen LogP contribution in [-0.2, 0) is 14.4 Å². The summed E-state index contributed by atoms with van der Waals surface area (Å²) < 4.78 is 0. The Morgan fingerprint density at radius 3 is 2.08 bits per heavy atom. The van der Waals surface area contributed by atoms with Gasteiger partial charge in [0.1, 0.15) is 5.41 Å². The standard InChI is InChI=1S/C7H10N2O4/c1-4(10)8-9-5(11)7(2-3-7)6(12)13/h2-3H2,1H3,(H,8,10)(H,9,11)(H,12,13). The van der Waals surface area contributed by atoms with Gasteiger partial charge < -0.3 is 5.11 Å². The van der Waals surface area contributed by atoms with Crippen molar-refractivity contribution in [1.29, 1.82) is 0 Å². The molecule has 0 aromatic heterocycles. The molecule has 0 aromatic rings. The largest absolute Gasteiger partial charge is 0.480 e. The zero-order valence-corrected chi connectivity index (χ0v) is 7.09. The third-order valence-corrected chi connectivity index (χ3v) is 1.95. The summed E-state index contributed by atoms with van der Waals surface area (Å²) in [4.78, 5) is 32.2. The van der Waals surface area contributed by atoms with Gasteiger partial charge in [-0.1, -0.05) is 0 Å². The van der Waals surface area contributed by atoms with Crippen molar-refractivity contribution in [2.75, 3.05) is 0 Å². The van der Waals surface area contributed by atoms with Crippen LogP contribution in [0.5, 0.6) is 0 Å². The summed E-state index contributed by atoms with van der Waals surface area (Å²) in [6.45, 7) is 1.22. The zero-order valence-electron chi connectivity index (χ0n) is 7.09. The van der Waals surface area contributed by atoms with E-state index < -0.39 is 23.2 Å². The molecule has 0 bridgehead atoms. The van der Waals surface area contributed by atoms with E-state index in [1.54, 1.807) is 0 Å². The van der Waals surface area contributed by atoms with Crippen molar-refractivity contribution in [3.05, 3.63) is 0 Å². The fourth-order valence-electron chi connectivity index (χ4n) is 0.927. The molecule has 1 rings (SSSR count). The van der Waals surface area contributed by atoms with E-state index in [1.165, 1.54) is 6.92 Å². The molecule has 0 radical (unpaired) electrons. The van der Waals surface area contributed by atoms with E-state index >= 15 is 0 Å². The van der Waals surface area contributed by atoms with Crippen molar-refractivity contribution in [3.8, 4) is 0 Å². The monoisotopic (exact) mass is 186 g/mol. The molecule has 0 unspecified atom stereocenters. The van der Waals surface area contributed by atoms with E-state index in [1.807, 2.05) is 10.9 Å². The van der Waals surface area contributed by atoms with Crippen LogP contribution < -0.4 is 10.9 Å². The van der Waals surface area contributed by atoms with Gasteiger partial charge in [-0.05, 0) is 12.8 Å². The summed E-state index contributed by atoms with van der Waals surface area (Å²) in [6.07, 6.45) is 0.654. The Morgan fingerprint density at radius 1 is 1.23 bits per heavy atom. The molecule has 0 atom stereocenters. The maximum absolute atomic E-state index is 11.2. The first kappa shape index (κ1) is 9.50. The minimum absolute atomic E-state index is 0.327. The molecule has 1 aliphatic rings. The number of aliphatic carboxylic acids is 1. The first-order valence-electron chi connectivity index (χ1n) is 3.79. The normalized spacial score (nSPS) is 17.3. The summed E-state index contributed by atoms with van der Waals surface area (Å²) >= 11 is 0. The van der Waals surface area contributed by atoms with Gasteiger partial charge in [0.15, 0.2) is 0 Å². The number of carbonyl (C=O) groups is 3. The minimum atomic E-state index is -1.30. The van der Waals surface area contributed by atoms with E-state index in [0.717, 1.165) is 0 Å². The molecule has 0 heterocycles. The molecule has 1 saturated carbocycles. The Labute approximate surface area is 74.3 Å². The maximum atomic E-state index is 11.2.